The van der Waals surface area contributed by atoms with E-state index in [1.807, 2.05) is 54.6 Å². The van der Waals surface area contributed by atoms with E-state index in [9.17, 15) is 33.6 Å². The summed E-state index contributed by atoms with van der Waals surface area (Å²) in [6.07, 6.45) is -2.77. The Bertz CT molecular complexity index is 1510. The van der Waals surface area contributed by atoms with Crippen molar-refractivity contribution in [2.45, 2.75) is 54.5 Å². The predicted octanol–water partition coefficient (Wildman–Crippen LogP) is 4.25. The lowest BCUT2D eigenvalue weighted by Crippen LogP contribution is -2.55. The highest BCUT2D eigenvalue weighted by molar-refractivity contribution is 8.00. The zero-order valence-electron chi connectivity index (χ0n) is 22.7. The summed E-state index contributed by atoms with van der Waals surface area (Å²) < 4.78 is 48.2. The molecule has 222 valence electrons. The normalized spacial score (nSPS) is 23.6. The first kappa shape index (κ1) is 30.2. The smallest absolute Gasteiger partial charge is 0.194 e. The van der Waals surface area contributed by atoms with Gasteiger partial charge in [0, 0.05) is 5.56 Å². The monoisotopic (exact) mass is 601 g/mol. The molecule has 3 aromatic carbocycles. The number of hydrogen-bond acceptors (Lipinski definition) is 8. The molecule has 4 aromatic rings. The Morgan fingerprint density at radius 3 is 2.24 bits per heavy atom. The number of benzene rings is 3. The number of hydrogen-bond donors (Lipinski definition) is 4. The summed E-state index contributed by atoms with van der Waals surface area (Å²) in [6.45, 7) is 2.69. The van der Waals surface area contributed by atoms with Crippen LogP contribution in [0, 0.1) is 17.5 Å². The molecule has 0 spiro atoms. The number of nitrogens with zero attached hydrogens (tertiary/aromatic N) is 3. The van der Waals surface area contributed by atoms with Gasteiger partial charge in [0.15, 0.2) is 17.5 Å². The molecule has 0 aliphatic carbocycles. The summed E-state index contributed by atoms with van der Waals surface area (Å²) in [6, 6.07) is 17.5. The second-order valence-electron chi connectivity index (χ2n) is 10.7. The third-order valence-corrected chi connectivity index (χ3v) is 8.94. The van der Waals surface area contributed by atoms with E-state index in [2.05, 4.69) is 10.3 Å². The van der Waals surface area contributed by atoms with Crippen molar-refractivity contribution in [1.29, 1.82) is 0 Å². The fourth-order valence-electron chi connectivity index (χ4n) is 5.11. The van der Waals surface area contributed by atoms with Gasteiger partial charge in [0.1, 0.15) is 35.5 Å². The zero-order valence-corrected chi connectivity index (χ0v) is 23.5. The van der Waals surface area contributed by atoms with E-state index >= 15 is 0 Å². The third-order valence-electron chi connectivity index (χ3n) is 7.18. The van der Waals surface area contributed by atoms with Crippen molar-refractivity contribution in [3.63, 3.8) is 0 Å². The van der Waals surface area contributed by atoms with Crippen LogP contribution in [-0.2, 0) is 4.74 Å². The second-order valence-corrected chi connectivity index (χ2v) is 11.9. The molecule has 4 N–H and O–H groups in total. The van der Waals surface area contributed by atoms with E-state index in [0.29, 0.717) is 0 Å². The number of rotatable bonds is 8. The summed E-state index contributed by atoms with van der Waals surface area (Å²) in [4.78, 5) is 0. The Morgan fingerprint density at radius 2 is 1.60 bits per heavy atom. The molecule has 1 aromatic heterocycles. The first-order valence-corrected chi connectivity index (χ1v) is 14.1. The van der Waals surface area contributed by atoms with Gasteiger partial charge < -0.3 is 25.2 Å². The number of thioether (sulfide) groups is 1. The molecule has 1 saturated heterocycles. The molecule has 5 rings (SSSR count). The minimum atomic E-state index is -1.62. The Kier molecular flexibility index (Phi) is 8.74. The molecule has 0 bridgehead atoms. The first-order chi connectivity index (χ1) is 20.0. The number of aromatic nitrogens is 3. The molecule has 42 heavy (non-hydrogen) atoms. The molecule has 1 aliphatic heterocycles. The van der Waals surface area contributed by atoms with Gasteiger partial charge in [0.05, 0.1) is 23.7 Å². The van der Waals surface area contributed by atoms with Crippen LogP contribution in [-0.4, -0.2) is 71.4 Å². The van der Waals surface area contributed by atoms with E-state index in [4.69, 9.17) is 4.74 Å². The molecule has 0 unspecified atom stereocenters. The summed E-state index contributed by atoms with van der Waals surface area (Å²) >= 11 is 1.12. The highest BCUT2D eigenvalue weighted by Gasteiger charge is 2.48. The molecule has 6 atom stereocenters. The van der Waals surface area contributed by atoms with Gasteiger partial charge in [-0.05, 0) is 42.7 Å². The minimum absolute atomic E-state index is 0.0328. The molecular formula is C30H30F3N3O5S. The van der Waals surface area contributed by atoms with Crippen molar-refractivity contribution in [2.75, 3.05) is 6.61 Å². The van der Waals surface area contributed by atoms with Gasteiger partial charge in [-0.2, -0.15) is 0 Å². The lowest BCUT2D eigenvalue weighted by Gasteiger charge is -2.44. The standard InChI is InChI=1S/C30H30F3N3O5S/c1-30(2,40)28(19-11-7-6-10-18(19)16-8-4-3-5-9-16)42-29-27(39)25(26(38)23(15-37)41-29)36-14-22(34-35-36)17-12-20(31)24(33)21(32)13-17/h3-14,23,25-29,37-40H,15H2,1-2H3/t23-,25+,26+,27-,28+,29+/m1/s1. The first-order valence-electron chi connectivity index (χ1n) is 13.2. The molecule has 0 amide bonds. The number of halogens is 3. The fourth-order valence-corrected chi connectivity index (χ4v) is 6.59. The van der Waals surface area contributed by atoms with Crippen molar-refractivity contribution in [3.8, 4) is 22.4 Å². The molecular weight excluding hydrogens is 571 g/mol. The van der Waals surface area contributed by atoms with E-state index in [0.717, 1.165) is 45.3 Å². The summed E-state index contributed by atoms with van der Waals surface area (Å²) in [5, 5.41) is 51.0. The maximum absolute atomic E-state index is 13.8. The van der Waals surface area contributed by atoms with Crippen LogP contribution in [0.3, 0.4) is 0 Å². The highest BCUT2D eigenvalue weighted by Crippen LogP contribution is 2.48. The van der Waals surface area contributed by atoms with Gasteiger partial charge in [0.25, 0.3) is 0 Å². The van der Waals surface area contributed by atoms with Crippen LogP contribution in [0.25, 0.3) is 22.4 Å². The number of ether oxygens (including phenoxy) is 1. The Morgan fingerprint density at radius 1 is 0.952 bits per heavy atom. The molecule has 1 aliphatic rings. The largest absolute Gasteiger partial charge is 0.394 e. The Labute approximate surface area is 244 Å². The number of aliphatic hydroxyl groups excluding tert-OH is 3. The van der Waals surface area contributed by atoms with Crippen molar-refractivity contribution < 1.29 is 38.3 Å². The zero-order chi connectivity index (χ0) is 30.2. The average molecular weight is 602 g/mol. The molecule has 2 heterocycles. The quantitative estimate of drug-likeness (QED) is 0.221. The van der Waals surface area contributed by atoms with E-state index < -0.39 is 64.7 Å². The van der Waals surface area contributed by atoms with Gasteiger partial charge in [-0.3, -0.25) is 0 Å². The van der Waals surface area contributed by atoms with Crippen molar-refractivity contribution in [1.82, 2.24) is 15.0 Å². The molecule has 8 nitrogen and oxygen atoms in total. The van der Waals surface area contributed by atoms with Crippen molar-refractivity contribution in [2.24, 2.45) is 0 Å². The molecule has 0 saturated carbocycles. The highest BCUT2D eigenvalue weighted by atomic mass is 32.2. The predicted molar refractivity (Wildman–Crippen MR) is 151 cm³/mol. The molecule has 0 radical (unpaired) electrons. The van der Waals surface area contributed by atoms with Crippen LogP contribution in [0.4, 0.5) is 13.2 Å². The fraction of sp³-hybridized carbons (Fsp3) is 0.333. The van der Waals surface area contributed by atoms with Crippen LogP contribution in [0.15, 0.2) is 72.9 Å². The van der Waals surface area contributed by atoms with Crippen molar-refractivity contribution in [3.05, 3.63) is 95.9 Å². The summed E-state index contributed by atoms with van der Waals surface area (Å²) in [7, 11) is 0. The second kappa shape index (κ2) is 12.2. The van der Waals surface area contributed by atoms with Crippen LogP contribution < -0.4 is 0 Å². The van der Waals surface area contributed by atoms with E-state index in [1.165, 1.54) is 6.20 Å². The van der Waals surface area contributed by atoms with Gasteiger partial charge in [-0.15, -0.1) is 16.9 Å². The van der Waals surface area contributed by atoms with Crippen LogP contribution in [0.2, 0.25) is 0 Å². The van der Waals surface area contributed by atoms with Gasteiger partial charge in [-0.1, -0.05) is 59.8 Å². The lowest BCUT2D eigenvalue weighted by atomic mass is 9.91. The minimum Gasteiger partial charge on any atom is -0.394 e. The summed E-state index contributed by atoms with van der Waals surface area (Å²) in [5.74, 6) is -4.44. The van der Waals surface area contributed by atoms with Gasteiger partial charge in [0.2, 0.25) is 0 Å². The van der Waals surface area contributed by atoms with Gasteiger partial charge in [-0.25, -0.2) is 17.9 Å². The van der Waals surface area contributed by atoms with E-state index in [1.54, 1.807) is 13.8 Å². The Balaban J connectivity index is 1.49. The van der Waals surface area contributed by atoms with Crippen LogP contribution >= 0.6 is 11.8 Å². The maximum Gasteiger partial charge on any atom is 0.194 e. The van der Waals surface area contributed by atoms with Crippen LogP contribution in [0.1, 0.15) is 30.7 Å². The number of aliphatic hydroxyl groups is 4. The Hall–Kier alpha value is -3.26. The topological polar surface area (TPSA) is 121 Å². The molecule has 12 heteroatoms. The lowest BCUT2D eigenvalue weighted by molar-refractivity contribution is -0.178. The molecule has 1 fully saturated rings. The summed E-state index contributed by atoms with van der Waals surface area (Å²) in [5.41, 5.74) is 0.0764. The van der Waals surface area contributed by atoms with Crippen LogP contribution in [0.5, 0.6) is 0 Å². The van der Waals surface area contributed by atoms with Crippen molar-refractivity contribution >= 4 is 11.8 Å². The third kappa shape index (κ3) is 5.96. The van der Waals surface area contributed by atoms with E-state index in [-0.39, 0.29) is 11.3 Å². The SMILES string of the molecule is CC(C)(O)[C@@H](S[C@@H]1O[C@H](CO)[C@H](O)[C@H](n2cc(-c3cc(F)c(F)c(F)c3)nn2)[C@H]1O)c1ccccc1-c1ccccc1. The van der Waals surface area contributed by atoms with Gasteiger partial charge >= 0.3 is 0 Å². The maximum atomic E-state index is 13.8. The average Bonchev–Trinajstić information content (AvgIpc) is 3.45.